The molecule has 3 heteroatoms. The van der Waals surface area contributed by atoms with E-state index < -0.39 is 0 Å². The fourth-order valence-corrected chi connectivity index (χ4v) is 3.75. The van der Waals surface area contributed by atoms with Gasteiger partial charge >= 0.3 is 0 Å². The molecule has 1 atom stereocenters. The zero-order valence-electron chi connectivity index (χ0n) is 12.5. The molecule has 0 N–H and O–H groups in total. The smallest absolute Gasteiger partial charge is 0.258 e. The van der Waals surface area contributed by atoms with E-state index in [1.807, 2.05) is 12.1 Å². The first-order valence-corrected chi connectivity index (χ1v) is 7.76. The zero-order valence-corrected chi connectivity index (χ0v) is 12.5. The SMILES string of the molecule is CC1CCc2ccc3c(ccc4c([N+](=O)[O-])cccc43)c2C1. The van der Waals surface area contributed by atoms with E-state index in [4.69, 9.17) is 0 Å². The number of nitro groups is 1. The maximum atomic E-state index is 11.2. The monoisotopic (exact) mass is 291 g/mol. The molecule has 22 heavy (non-hydrogen) atoms. The van der Waals surface area contributed by atoms with E-state index in [0.717, 1.165) is 29.0 Å². The summed E-state index contributed by atoms with van der Waals surface area (Å²) in [4.78, 5) is 10.9. The highest BCUT2D eigenvalue weighted by molar-refractivity contribution is 6.11. The van der Waals surface area contributed by atoms with Crippen molar-refractivity contribution in [3.8, 4) is 0 Å². The Bertz CT molecular complexity index is 914. The summed E-state index contributed by atoms with van der Waals surface area (Å²) in [6.45, 7) is 2.30. The van der Waals surface area contributed by atoms with Crippen molar-refractivity contribution in [3.63, 3.8) is 0 Å². The molecule has 3 aromatic rings. The summed E-state index contributed by atoms with van der Waals surface area (Å²) >= 11 is 0. The standard InChI is InChI=1S/C19H17NO2/c1-12-5-6-13-7-8-15-14-3-2-4-19(20(21)22)17(14)10-9-16(15)18(13)11-12/h2-4,7-10,12H,5-6,11H2,1H3. The molecule has 3 aromatic carbocycles. The first-order chi connectivity index (χ1) is 10.6. The van der Waals surface area contributed by atoms with Gasteiger partial charge in [-0.2, -0.15) is 0 Å². The van der Waals surface area contributed by atoms with E-state index in [2.05, 4.69) is 25.1 Å². The van der Waals surface area contributed by atoms with Crippen LogP contribution in [0.5, 0.6) is 0 Å². The summed E-state index contributed by atoms with van der Waals surface area (Å²) in [5.74, 6) is 0.707. The largest absolute Gasteiger partial charge is 0.277 e. The van der Waals surface area contributed by atoms with Crippen molar-refractivity contribution < 1.29 is 4.92 Å². The summed E-state index contributed by atoms with van der Waals surface area (Å²) in [6, 6.07) is 13.7. The Hall–Kier alpha value is -2.42. The Morgan fingerprint density at radius 1 is 1.00 bits per heavy atom. The molecule has 0 saturated carbocycles. The van der Waals surface area contributed by atoms with Crippen molar-refractivity contribution in [2.45, 2.75) is 26.2 Å². The molecule has 0 aliphatic heterocycles. The van der Waals surface area contributed by atoms with Gasteiger partial charge in [-0.3, -0.25) is 10.1 Å². The van der Waals surface area contributed by atoms with Crippen LogP contribution in [0.2, 0.25) is 0 Å². The Labute approximate surface area is 128 Å². The van der Waals surface area contributed by atoms with Crippen molar-refractivity contribution >= 4 is 27.2 Å². The van der Waals surface area contributed by atoms with Gasteiger partial charge in [-0.25, -0.2) is 0 Å². The zero-order chi connectivity index (χ0) is 15.3. The molecule has 3 nitrogen and oxygen atoms in total. The molecule has 4 rings (SSSR count). The minimum absolute atomic E-state index is 0.186. The van der Waals surface area contributed by atoms with Gasteiger partial charge in [-0.15, -0.1) is 0 Å². The Kier molecular flexibility index (Phi) is 2.89. The van der Waals surface area contributed by atoms with Crippen molar-refractivity contribution in [3.05, 3.63) is 63.7 Å². The fraction of sp³-hybridized carbons (Fsp3) is 0.263. The van der Waals surface area contributed by atoms with Crippen LogP contribution in [0.4, 0.5) is 5.69 Å². The second kappa shape index (κ2) is 4.80. The van der Waals surface area contributed by atoms with Gasteiger partial charge in [-0.05, 0) is 58.5 Å². The number of hydrogen-bond donors (Lipinski definition) is 0. The number of rotatable bonds is 1. The summed E-state index contributed by atoms with van der Waals surface area (Å²) in [5.41, 5.74) is 3.06. The van der Waals surface area contributed by atoms with Crippen molar-refractivity contribution in [2.24, 2.45) is 5.92 Å². The molecular formula is C19H17NO2. The Morgan fingerprint density at radius 3 is 2.55 bits per heavy atom. The summed E-state index contributed by atoms with van der Waals surface area (Å²) in [6.07, 6.45) is 3.49. The van der Waals surface area contributed by atoms with Gasteiger partial charge in [-0.1, -0.05) is 37.3 Å². The average molecular weight is 291 g/mol. The van der Waals surface area contributed by atoms with Crippen molar-refractivity contribution in [1.82, 2.24) is 0 Å². The van der Waals surface area contributed by atoms with Crippen molar-refractivity contribution in [2.75, 3.05) is 0 Å². The van der Waals surface area contributed by atoms with Gasteiger partial charge < -0.3 is 0 Å². The van der Waals surface area contributed by atoms with Crippen LogP contribution in [0.15, 0.2) is 42.5 Å². The van der Waals surface area contributed by atoms with Crippen LogP contribution in [-0.2, 0) is 12.8 Å². The molecule has 0 fully saturated rings. The maximum Gasteiger partial charge on any atom is 0.277 e. The van der Waals surface area contributed by atoms with Crippen LogP contribution in [0.3, 0.4) is 0 Å². The normalized spacial score (nSPS) is 17.6. The molecular weight excluding hydrogens is 274 g/mol. The number of hydrogen-bond acceptors (Lipinski definition) is 2. The van der Waals surface area contributed by atoms with Gasteiger partial charge in [0, 0.05) is 6.07 Å². The predicted molar refractivity (Wildman–Crippen MR) is 89.3 cm³/mol. The van der Waals surface area contributed by atoms with Gasteiger partial charge in [0.15, 0.2) is 0 Å². The molecule has 1 aliphatic carbocycles. The highest BCUT2D eigenvalue weighted by Gasteiger charge is 2.19. The molecule has 110 valence electrons. The van der Waals surface area contributed by atoms with Crippen LogP contribution in [0.1, 0.15) is 24.5 Å². The minimum Gasteiger partial charge on any atom is -0.258 e. The van der Waals surface area contributed by atoms with Gasteiger partial charge in [0.25, 0.3) is 5.69 Å². The molecule has 1 aliphatic rings. The highest BCUT2D eigenvalue weighted by Crippen LogP contribution is 2.36. The molecule has 1 unspecified atom stereocenters. The Morgan fingerprint density at radius 2 is 1.73 bits per heavy atom. The second-order valence-corrected chi connectivity index (χ2v) is 6.34. The van der Waals surface area contributed by atoms with E-state index in [0.29, 0.717) is 5.92 Å². The third kappa shape index (κ3) is 1.89. The summed E-state index contributed by atoms with van der Waals surface area (Å²) in [7, 11) is 0. The van der Waals surface area contributed by atoms with Crippen molar-refractivity contribution in [1.29, 1.82) is 0 Å². The lowest BCUT2D eigenvalue weighted by Gasteiger charge is -2.23. The Balaban J connectivity index is 2.08. The number of fused-ring (bicyclic) bond motifs is 5. The first kappa shape index (κ1) is 13.3. The predicted octanol–water partition coefficient (Wildman–Crippen LogP) is 5.03. The highest BCUT2D eigenvalue weighted by atomic mass is 16.6. The molecule has 0 saturated heterocycles. The fourth-order valence-electron chi connectivity index (χ4n) is 3.75. The number of aryl methyl sites for hydroxylation is 1. The number of nitrogens with zero attached hydrogens (tertiary/aromatic N) is 1. The van der Waals surface area contributed by atoms with Gasteiger partial charge in [0.2, 0.25) is 0 Å². The summed E-state index contributed by atoms with van der Waals surface area (Å²) < 4.78 is 0. The van der Waals surface area contributed by atoms with E-state index in [1.165, 1.54) is 22.9 Å². The molecule has 0 spiro atoms. The minimum atomic E-state index is -0.297. The van der Waals surface area contributed by atoms with Crippen LogP contribution < -0.4 is 0 Å². The molecule has 0 heterocycles. The van der Waals surface area contributed by atoms with Crippen LogP contribution in [0.25, 0.3) is 21.5 Å². The van der Waals surface area contributed by atoms with E-state index in [9.17, 15) is 10.1 Å². The average Bonchev–Trinajstić information content (AvgIpc) is 2.53. The number of nitro benzene ring substituents is 1. The lowest BCUT2D eigenvalue weighted by Crippen LogP contribution is -2.11. The van der Waals surface area contributed by atoms with Gasteiger partial charge in [0.05, 0.1) is 10.3 Å². The molecule has 0 aromatic heterocycles. The van der Waals surface area contributed by atoms with Gasteiger partial charge in [0.1, 0.15) is 0 Å². The molecule has 0 radical (unpaired) electrons. The molecule has 0 amide bonds. The van der Waals surface area contributed by atoms with E-state index >= 15 is 0 Å². The third-order valence-electron chi connectivity index (χ3n) is 4.90. The topological polar surface area (TPSA) is 43.1 Å². The van der Waals surface area contributed by atoms with Crippen LogP contribution >= 0.6 is 0 Å². The second-order valence-electron chi connectivity index (χ2n) is 6.34. The number of benzene rings is 3. The van der Waals surface area contributed by atoms with Crippen LogP contribution in [-0.4, -0.2) is 4.92 Å². The molecule has 0 bridgehead atoms. The summed E-state index contributed by atoms with van der Waals surface area (Å²) in [5, 5.41) is 15.3. The van der Waals surface area contributed by atoms with Crippen LogP contribution in [0, 0.1) is 16.0 Å². The van der Waals surface area contributed by atoms with E-state index in [-0.39, 0.29) is 10.6 Å². The lowest BCUT2D eigenvalue weighted by molar-refractivity contribution is -0.383. The quantitative estimate of drug-likeness (QED) is 0.358. The lowest BCUT2D eigenvalue weighted by atomic mass is 9.81. The number of non-ortho nitro benzene ring substituents is 1. The van der Waals surface area contributed by atoms with E-state index in [1.54, 1.807) is 12.1 Å². The third-order valence-corrected chi connectivity index (χ3v) is 4.90. The maximum absolute atomic E-state index is 11.2. The first-order valence-electron chi connectivity index (χ1n) is 7.76.